The van der Waals surface area contributed by atoms with Crippen LogP contribution in [0.15, 0.2) is 18.2 Å². The Morgan fingerprint density at radius 2 is 2.13 bits per heavy atom. The average molecular weight is 343 g/mol. The molecule has 1 aromatic rings. The Morgan fingerprint density at radius 1 is 1.39 bits per heavy atom. The van der Waals surface area contributed by atoms with E-state index in [1.165, 1.54) is 0 Å². The van der Waals surface area contributed by atoms with Crippen LogP contribution in [0.25, 0.3) is 0 Å². The number of benzene rings is 1. The minimum Gasteiger partial charge on any atom is -0.396 e. The normalized spacial score (nSPS) is 12.3. The number of carbonyl (C=O) groups is 1. The third kappa shape index (κ3) is 7.20. The Kier molecular flexibility index (Phi) is 8.99. The van der Waals surface area contributed by atoms with Crippen molar-refractivity contribution in [3.8, 4) is 0 Å². The van der Waals surface area contributed by atoms with Gasteiger partial charge in [0.15, 0.2) is 0 Å². The third-order valence-electron chi connectivity index (χ3n) is 3.55. The van der Waals surface area contributed by atoms with Gasteiger partial charge in [0.1, 0.15) is 0 Å². The largest absolute Gasteiger partial charge is 0.396 e. The number of rotatable bonds is 9. The van der Waals surface area contributed by atoms with E-state index in [9.17, 15) is 4.79 Å². The van der Waals surface area contributed by atoms with E-state index >= 15 is 0 Å². The minimum absolute atomic E-state index is 0.132. The molecule has 2 amide bonds. The van der Waals surface area contributed by atoms with Crippen LogP contribution in [0, 0.1) is 11.8 Å². The van der Waals surface area contributed by atoms with Crippen molar-refractivity contribution in [2.45, 2.75) is 33.3 Å². The van der Waals surface area contributed by atoms with E-state index in [1.807, 2.05) is 0 Å². The zero-order chi connectivity index (χ0) is 17.2. The molecule has 1 aromatic carbocycles. The summed E-state index contributed by atoms with van der Waals surface area (Å²) in [7, 11) is 1.58. The fourth-order valence-corrected chi connectivity index (χ4v) is 2.75. The zero-order valence-corrected chi connectivity index (χ0v) is 14.8. The van der Waals surface area contributed by atoms with Gasteiger partial charge in [-0.15, -0.1) is 0 Å². The Bertz CT molecular complexity index is 495. The maximum Gasteiger partial charge on any atom is 0.319 e. The highest BCUT2D eigenvalue weighted by atomic mass is 35.5. The minimum atomic E-state index is -0.281. The van der Waals surface area contributed by atoms with Crippen molar-refractivity contribution < 1.29 is 14.6 Å². The maximum atomic E-state index is 12.1. The number of carbonyl (C=O) groups excluding carboxylic acids is 1. The second-order valence-electron chi connectivity index (χ2n) is 6.04. The highest BCUT2D eigenvalue weighted by Crippen LogP contribution is 2.25. The molecule has 0 radical (unpaired) electrons. The summed E-state index contributed by atoms with van der Waals surface area (Å²) in [6, 6.07) is 5.05. The van der Waals surface area contributed by atoms with Crippen molar-refractivity contribution in [3.63, 3.8) is 0 Å². The third-order valence-corrected chi connectivity index (χ3v) is 3.90. The van der Waals surface area contributed by atoms with Gasteiger partial charge in [-0.25, -0.2) is 4.79 Å². The number of halogens is 1. The monoisotopic (exact) mass is 342 g/mol. The number of methoxy groups -OCH3 is 1. The highest BCUT2D eigenvalue weighted by Gasteiger charge is 2.14. The second-order valence-corrected chi connectivity index (χ2v) is 6.45. The van der Waals surface area contributed by atoms with Crippen LogP contribution in [0.5, 0.6) is 0 Å². The zero-order valence-electron chi connectivity index (χ0n) is 14.1. The smallest absolute Gasteiger partial charge is 0.319 e. The van der Waals surface area contributed by atoms with Gasteiger partial charge in [-0.3, -0.25) is 0 Å². The van der Waals surface area contributed by atoms with Crippen LogP contribution in [-0.2, 0) is 11.3 Å². The summed E-state index contributed by atoms with van der Waals surface area (Å²) in [6.07, 6.45) is 1.65. The van der Waals surface area contributed by atoms with Crippen molar-refractivity contribution in [1.29, 1.82) is 0 Å². The lowest BCUT2D eigenvalue weighted by Crippen LogP contribution is -2.34. The SMILES string of the molecule is COCc1c(Cl)cccc1NC(=O)NCC(CCO)CC(C)C. The van der Waals surface area contributed by atoms with Crippen LogP contribution >= 0.6 is 11.6 Å². The molecular formula is C17H27ClN2O3. The molecule has 0 fully saturated rings. The molecule has 130 valence electrons. The Hall–Kier alpha value is -1.30. The number of anilines is 1. The number of hydrogen-bond acceptors (Lipinski definition) is 3. The van der Waals surface area contributed by atoms with E-state index in [4.69, 9.17) is 21.4 Å². The molecule has 23 heavy (non-hydrogen) atoms. The molecule has 6 heteroatoms. The standard InChI is InChI=1S/C17H27ClN2O3/c1-12(2)9-13(7-8-21)10-19-17(22)20-16-6-4-5-15(18)14(16)11-23-3/h4-6,12-13,21H,7-11H2,1-3H3,(H2,19,20,22). The van der Waals surface area contributed by atoms with Gasteiger partial charge in [0.2, 0.25) is 0 Å². The van der Waals surface area contributed by atoms with Crippen LogP contribution in [-0.4, -0.2) is 31.4 Å². The van der Waals surface area contributed by atoms with Gasteiger partial charge in [-0.1, -0.05) is 31.5 Å². The van der Waals surface area contributed by atoms with Gasteiger partial charge < -0.3 is 20.5 Å². The van der Waals surface area contributed by atoms with Crippen LogP contribution in [0.4, 0.5) is 10.5 Å². The van der Waals surface area contributed by atoms with Crippen molar-refractivity contribution in [2.75, 3.05) is 25.6 Å². The summed E-state index contributed by atoms with van der Waals surface area (Å²) < 4.78 is 5.12. The molecule has 0 bridgehead atoms. The first kappa shape index (κ1) is 19.7. The summed E-state index contributed by atoms with van der Waals surface area (Å²) in [6.45, 7) is 5.26. The molecule has 0 saturated carbocycles. The molecule has 1 rings (SSSR count). The molecule has 3 N–H and O–H groups in total. The number of nitrogens with one attached hydrogen (secondary N) is 2. The fourth-order valence-electron chi connectivity index (χ4n) is 2.52. The average Bonchev–Trinajstić information content (AvgIpc) is 2.48. The predicted molar refractivity (Wildman–Crippen MR) is 93.8 cm³/mol. The topological polar surface area (TPSA) is 70.6 Å². The Labute approximate surface area is 143 Å². The number of hydrogen-bond donors (Lipinski definition) is 3. The van der Waals surface area contributed by atoms with Crippen molar-refractivity contribution in [3.05, 3.63) is 28.8 Å². The van der Waals surface area contributed by atoms with Crippen LogP contribution in [0.2, 0.25) is 5.02 Å². The molecule has 0 heterocycles. The predicted octanol–water partition coefficient (Wildman–Crippen LogP) is 3.65. The first-order valence-electron chi connectivity index (χ1n) is 7.90. The van der Waals surface area contributed by atoms with Crippen LogP contribution < -0.4 is 10.6 Å². The molecule has 5 nitrogen and oxygen atoms in total. The number of aliphatic hydroxyl groups excluding tert-OH is 1. The van der Waals surface area contributed by atoms with Crippen molar-refractivity contribution >= 4 is 23.3 Å². The molecule has 0 aliphatic heterocycles. The summed E-state index contributed by atoms with van der Waals surface area (Å²) >= 11 is 6.14. The summed E-state index contributed by atoms with van der Waals surface area (Å²) in [4.78, 5) is 12.1. The second kappa shape index (κ2) is 10.5. The first-order valence-corrected chi connectivity index (χ1v) is 8.27. The van der Waals surface area contributed by atoms with Gasteiger partial charge in [-0.2, -0.15) is 0 Å². The molecular weight excluding hydrogens is 316 g/mol. The maximum absolute atomic E-state index is 12.1. The van der Waals surface area contributed by atoms with E-state index in [-0.39, 0.29) is 18.6 Å². The lowest BCUT2D eigenvalue weighted by atomic mass is 9.94. The lowest BCUT2D eigenvalue weighted by Gasteiger charge is -2.19. The van der Waals surface area contributed by atoms with Crippen molar-refractivity contribution in [1.82, 2.24) is 5.32 Å². The molecule has 0 spiro atoms. The summed E-state index contributed by atoms with van der Waals surface area (Å²) in [5.41, 5.74) is 1.39. The molecule has 0 aliphatic carbocycles. The number of urea groups is 1. The van der Waals surface area contributed by atoms with Gasteiger partial charge >= 0.3 is 6.03 Å². The summed E-state index contributed by atoms with van der Waals surface area (Å²) in [5, 5.41) is 15.4. The van der Waals surface area contributed by atoms with E-state index < -0.39 is 0 Å². The fraction of sp³-hybridized carbons (Fsp3) is 0.588. The lowest BCUT2D eigenvalue weighted by molar-refractivity contribution is 0.185. The van der Waals surface area contributed by atoms with E-state index in [0.29, 0.717) is 36.2 Å². The van der Waals surface area contributed by atoms with Gasteiger partial charge in [0.05, 0.1) is 6.61 Å². The number of ether oxygens (including phenoxy) is 1. The van der Waals surface area contributed by atoms with E-state index in [2.05, 4.69) is 24.5 Å². The molecule has 1 unspecified atom stereocenters. The highest BCUT2D eigenvalue weighted by molar-refractivity contribution is 6.31. The molecule has 0 saturated heterocycles. The molecule has 0 aromatic heterocycles. The molecule has 1 atom stereocenters. The Morgan fingerprint density at radius 3 is 2.74 bits per heavy atom. The summed E-state index contributed by atoms with van der Waals surface area (Å²) in [5.74, 6) is 0.793. The van der Waals surface area contributed by atoms with Gasteiger partial charge in [-0.05, 0) is 36.8 Å². The van der Waals surface area contributed by atoms with E-state index in [0.717, 1.165) is 12.0 Å². The first-order chi connectivity index (χ1) is 11.0. The Balaban J connectivity index is 2.61. The van der Waals surface area contributed by atoms with Gasteiger partial charge in [0, 0.05) is 36.5 Å². The quantitative estimate of drug-likeness (QED) is 0.641. The number of amides is 2. The number of aliphatic hydroxyl groups is 1. The van der Waals surface area contributed by atoms with Gasteiger partial charge in [0.25, 0.3) is 0 Å². The molecule has 0 aliphatic rings. The van der Waals surface area contributed by atoms with Crippen molar-refractivity contribution in [2.24, 2.45) is 11.8 Å². The van der Waals surface area contributed by atoms with Crippen LogP contribution in [0.3, 0.4) is 0 Å². The van der Waals surface area contributed by atoms with Crippen LogP contribution in [0.1, 0.15) is 32.3 Å². The van der Waals surface area contributed by atoms with E-state index in [1.54, 1.807) is 25.3 Å².